The quantitative estimate of drug-likeness (QED) is 0.304. The Hall–Kier alpha value is 3.77. The van der Waals surface area contributed by atoms with Gasteiger partial charge in [0.2, 0.25) is 0 Å². The molecule has 0 aliphatic carbocycles. The van der Waals surface area contributed by atoms with Gasteiger partial charge in [0.15, 0.2) is 0 Å². The van der Waals surface area contributed by atoms with E-state index in [0.29, 0.717) is 0 Å². The van der Waals surface area contributed by atoms with E-state index in [1.54, 1.807) is 0 Å². The van der Waals surface area contributed by atoms with Crippen molar-refractivity contribution >= 4 is 121 Å². The van der Waals surface area contributed by atoms with E-state index >= 15 is 0 Å². The molecule has 0 aromatic carbocycles. The Balaban J connectivity index is -0.00000000121. The Labute approximate surface area is 162 Å². The van der Waals surface area contributed by atoms with Crippen LogP contribution in [0.2, 0.25) is 0 Å². The van der Waals surface area contributed by atoms with Crippen LogP contribution >= 0.6 is 7.82 Å². The number of hydrogen-bond donors (Lipinski definition) is 3. The topological polar surface area (TPSA) is 172 Å². The maximum atomic E-state index is 8.88. The first-order valence-electron chi connectivity index (χ1n) is 0.783. The minimum atomic E-state index is -4.64. The molecule has 0 rings (SSSR count). The first kappa shape index (κ1) is 46.4. The molecule has 0 bridgehead atoms. The summed E-state index contributed by atoms with van der Waals surface area (Å²) in [6, 6.07) is 0. The summed E-state index contributed by atoms with van der Waals surface area (Å²) in [4.78, 5) is 21.6. The first-order chi connectivity index (χ1) is 2.00. The monoisotopic (exact) mass is 278 g/mol. The molecule has 0 heterocycles. The average molecular weight is 278 g/mol. The summed E-state index contributed by atoms with van der Waals surface area (Å²) in [6.45, 7) is 0. The normalized spacial score (nSPS) is 5.36. The maximum absolute atomic E-state index is 8.88. The largest absolute Gasteiger partial charge is 2.00 e. The van der Waals surface area contributed by atoms with E-state index in [1.807, 2.05) is 0 Å². The van der Waals surface area contributed by atoms with Crippen molar-refractivity contribution in [2.75, 3.05) is 0 Å². The molecule has 0 unspecified atom stereocenters. The summed E-state index contributed by atoms with van der Waals surface area (Å²) in [5, 5.41) is 0. The van der Waals surface area contributed by atoms with Crippen LogP contribution in [0.4, 0.5) is 0 Å². The van der Waals surface area contributed by atoms with Crippen molar-refractivity contribution < 1.29 is 44.2 Å². The van der Waals surface area contributed by atoms with Crippen molar-refractivity contribution in [3.8, 4) is 0 Å². The fourth-order valence-electron chi connectivity index (χ4n) is 0. The Morgan fingerprint density at radius 1 is 0.818 bits per heavy atom. The van der Waals surface area contributed by atoms with Gasteiger partial charge in [-0.2, -0.15) is 0 Å². The van der Waals surface area contributed by atoms with E-state index in [9.17, 15) is 0 Å². The summed E-state index contributed by atoms with van der Waals surface area (Å²) in [7, 11) is -4.64. The van der Waals surface area contributed by atoms with E-state index in [4.69, 9.17) is 19.2 Å². The van der Waals surface area contributed by atoms with Crippen LogP contribution in [0.5, 0.6) is 0 Å². The second kappa shape index (κ2) is 23.5. The number of hydrogen-bond acceptors (Lipinski definition) is 1. The molecule has 0 fully saturated rings. The van der Waals surface area contributed by atoms with Gasteiger partial charge in [0.1, 0.15) is 0 Å². The van der Waals surface area contributed by atoms with Gasteiger partial charge >= 0.3 is 121 Å². The van der Waals surface area contributed by atoms with Crippen LogP contribution in [0.25, 0.3) is 0 Å². The molecule has 0 aromatic heterocycles. The molecule has 0 aromatic rings. The third-order valence-corrected chi connectivity index (χ3v) is 0. The van der Waals surface area contributed by atoms with Gasteiger partial charge in [-0.1, -0.05) is 0 Å². The molecule has 11 heavy (non-hydrogen) atoms. The molecule has 0 amide bonds. The Morgan fingerprint density at radius 2 is 0.818 bits per heavy atom. The first-order valence-corrected chi connectivity index (χ1v) is 2.35. The summed E-state index contributed by atoms with van der Waals surface area (Å²) in [6.07, 6.45) is 0. The molecule has 68 valence electrons. The van der Waals surface area contributed by atoms with Crippen molar-refractivity contribution in [2.24, 2.45) is 0 Å². The van der Waals surface area contributed by atoms with Crippen LogP contribution in [0, 0.1) is 0 Å². The molecule has 11 heteroatoms. The fraction of sp³-hybridized carbons (Fsp3) is 0. The van der Waals surface area contributed by atoms with E-state index in [2.05, 4.69) is 0 Å². The molecule has 0 atom stereocenters. The zero-order chi connectivity index (χ0) is 4.50. The van der Waals surface area contributed by atoms with Crippen molar-refractivity contribution in [1.82, 2.24) is 0 Å². The second-order valence-corrected chi connectivity index (χ2v) is 1.54. The molecule has 0 aliphatic heterocycles. The van der Waals surface area contributed by atoms with Gasteiger partial charge in [0.25, 0.3) is 0 Å². The molecule has 0 saturated carbocycles. The minimum absolute atomic E-state index is 0. The molecule has 7 nitrogen and oxygen atoms in total. The van der Waals surface area contributed by atoms with E-state index in [0.717, 1.165) is 0 Å². The van der Waals surface area contributed by atoms with Crippen molar-refractivity contribution in [1.29, 1.82) is 0 Å². The fourth-order valence-corrected chi connectivity index (χ4v) is 0. The maximum Gasteiger partial charge on any atom is 2.00 e. The molecular weight excluding hydrogens is 263 g/mol. The van der Waals surface area contributed by atoms with E-state index in [1.165, 1.54) is 0 Å². The summed E-state index contributed by atoms with van der Waals surface area (Å²) < 4.78 is 8.88. The van der Waals surface area contributed by atoms with Gasteiger partial charge in [-0.15, -0.1) is 0 Å². The summed E-state index contributed by atoms with van der Waals surface area (Å²) >= 11 is 0. The third kappa shape index (κ3) is 134. The predicted octanol–water partition coefficient (Wildman–Crippen LogP) is -3.87. The van der Waals surface area contributed by atoms with Crippen molar-refractivity contribution in [3.63, 3.8) is 0 Å². The standard InChI is InChI=1S/3Ca.H3O4P.3H2O.6H/c;;;1-5(2,3)4;;;;;;;;;/h;;;(H3,1,2,3,4);3*1H2;;;;;;/q3*+2;;;;;6*-1. The SMILES string of the molecule is O.O.O.O=P(O)(O)O.[Ca+2].[Ca+2].[Ca+2].[H-].[H-].[H-].[H-].[H-].[H-]. The molecule has 0 radical (unpaired) electrons. The smallest absolute Gasteiger partial charge is 1.00 e. The minimum Gasteiger partial charge on any atom is -1.00 e. The zero-order valence-corrected chi connectivity index (χ0v) is 13.3. The molecular formula is H15Ca3O7P. The molecule has 0 aliphatic rings. The summed E-state index contributed by atoms with van der Waals surface area (Å²) in [5.74, 6) is 0. The van der Waals surface area contributed by atoms with Gasteiger partial charge in [0, 0.05) is 0 Å². The van der Waals surface area contributed by atoms with Crippen LogP contribution in [-0.4, -0.2) is 144 Å². The summed E-state index contributed by atoms with van der Waals surface area (Å²) in [5.41, 5.74) is 0. The molecule has 0 spiro atoms. The number of rotatable bonds is 0. The van der Waals surface area contributed by atoms with Crippen LogP contribution in [0.1, 0.15) is 8.56 Å². The Kier molecular flexibility index (Phi) is 99.2. The Bertz CT molecular complexity index is 75.7. The van der Waals surface area contributed by atoms with Gasteiger partial charge in [-0.05, 0) is 0 Å². The van der Waals surface area contributed by atoms with Gasteiger partial charge < -0.3 is 39.7 Å². The zero-order valence-electron chi connectivity index (χ0n) is 11.8. The third-order valence-electron chi connectivity index (χ3n) is 0. The van der Waals surface area contributed by atoms with Gasteiger partial charge in [-0.3, -0.25) is 0 Å². The average Bonchev–Trinajstić information content (AvgIpc) is 0.722. The Morgan fingerprint density at radius 3 is 0.818 bits per heavy atom. The van der Waals surface area contributed by atoms with Crippen LogP contribution < -0.4 is 0 Å². The van der Waals surface area contributed by atoms with Crippen LogP contribution in [-0.2, 0) is 4.57 Å². The van der Waals surface area contributed by atoms with Crippen LogP contribution in [0.15, 0.2) is 0 Å². The van der Waals surface area contributed by atoms with E-state index < -0.39 is 7.82 Å². The predicted molar refractivity (Wildman–Crippen MR) is 49.0 cm³/mol. The molecule has 9 N–H and O–H groups in total. The van der Waals surface area contributed by atoms with Crippen LogP contribution in [0.3, 0.4) is 0 Å². The van der Waals surface area contributed by atoms with Crippen molar-refractivity contribution in [2.45, 2.75) is 0 Å². The van der Waals surface area contributed by atoms with Gasteiger partial charge in [-0.25, -0.2) is 4.57 Å². The van der Waals surface area contributed by atoms with E-state index in [-0.39, 0.29) is 138 Å². The molecule has 0 saturated heterocycles. The number of phosphoric acid groups is 1. The second-order valence-electron chi connectivity index (χ2n) is 0.513. The van der Waals surface area contributed by atoms with Crippen molar-refractivity contribution in [3.05, 3.63) is 0 Å². The van der Waals surface area contributed by atoms with Gasteiger partial charge in [0.05, 0.1) is 0 Å².